The molecule has 1 aromatic rings. The molecule has 0 radical (unpaired) electrons. The molecule has 0 saturated carbocycles. The van der Waals surface area contributed by atoms with Gasteiger partial charge in [-0.1, -0.05) is 50.3 Å². The molecule has 12 heteroatoms. The van der Waals surface area contributed by atoms with Crippen LogP contribution < -0.4 is 21.7 Å². The van der Waals surface area contributed by atoms with Crippen LogP contribution >= 0.6 is 0 Å². The quantitative estimate of drug-likeness (QED) is 0.148. The topological polar surface area (TPSA) is 169 Å². The Bertz CT molecular complexity index is 1240. The smallest absolute Gasteiger partial charge is 0.408 e. The Kier molecular flexibility index (Phi) is 15.3. The van der Waals surface area contributed by atoms with Gasteiger partial charge in [-0.2, -0.15) is 0 Å². The molecule has 1 aliphatic heterocycles. The van der Waals surface area contributed by atoms with Gasteiger partial charge in [0.1, 0.15) is 23.7 Å². The molecule has 4 amide bonds. The Morgan fingerprint density at radius 1 is 0.935 bits per heavy atom. The van der Waals surface area contributed by atoms with Crippen molar-refractivity contribution in [3.63, 3.8) is 0 Å². The summed E-state index contributed by atoms with van der Waals surface area (Å²) in [6.45, 7) is 11.5. The fourth-order valence-corrected chi connectivity index (χ4v) is 4.81. The highest BCUT2D eigenvalue weighted by Gasteiger charge is 2.31. The molecule has 0 aromatic heterocycles. The molecule has 0 bridgehead atoms. The van der Waals surface area contributed by atoms with E-state index >= 15 is 0 Å². The van der Waals surface area contributed by atoms with Crippen LogP contribution in [-0.2, 0) is 35.1 Å². The average molecular weight is 642 g/mol. The van der Waals surface area contributed by atoms with E-state index < -0.39 is 53.5 Å². The molecule has 46 heavy (non-hydrogen) atoms. The normalized spacial score (nSPS) is 14.8. The van der Waals surface area contributed by atoms with Gasteiger partial charge in [-0.3, -0.25) is 14.4 Å². The lowest BCUT2D eigenvalue weighted by Gasteiger charge is -2.27. The SMILES string of the molecule is CCOC(=O)[C@H](CC(C)C)NC(=O)[C@H](Cc1ccccc1)NC(=O)C(CCCCN1C=CCC(C(N)=O)=C1)NC(=O)OC(C)(C)C. The molecule has 0 spiro atoms. The Morgan fingerprint density at radius 2 is 1.59 bits per heavy atom. The lowest BCUT2D eigenvalue weighted by molar-refractivity contribution is -0.148. The number of rotatable bonds is 17. The van der Waals surface area contributed by atoms with Crippen molar-refractivity contribution < 1.29 is 33.4 Å². The van der Waals surface area contributed by atoms with E-state index in [1.807, 2.05) is 61.4 Å². The molecule has 1 heterocycles. The van der Waals surface area contributed by atoms with Crippen molar-refractivity contribution in [2.45, 2.75) is 104 Å². The number of hydrogen-bond donors (Lipinski definition) is 4. The summed E-state index contributed by atoms with van der Waals surface area (Å²) < 4.78 is 10.6. The molecule has 254 valence electrons. The third kappa shape index (κ3) is 14.2. The number of nitrogens with one attached hydrogen (secondary N) is 3. The number of amides is 4. The number of alkyl carbamates (subject to hydrolysis) is 1. The Hall–Kier alpha value is -4.35. The van der Waals surface area contributed by atoms with E-state index in [9.17, 15) is 24.0 Å². The van der Waals surface area contributed by atoms with Crippen LogP contribution in [0.2, 0.25) is 0 Å². The second-order valence-electron chi connectivity index (χ2n) is 12.7. The van der Waals surface area contributed by atoms with Gasteiger partial charge in [-0.25, -0.2) is 9.59 Å². The second-order valence-corrected chi connectivity index (χ2v) is 12.7. The van der Waals surface area contributed by atoms with Crippen LogP contribution in [0.25, 0.3) is 0 Å². The minimum absolute atomic E-state index is 0.0950. The zero-order valence-electron chi connectivity index (χ0n) is 28.0. The first-order valence-electron chi connectivity index (χ1n) is 15.9. The van der Waals surface area contributed by atoms with Crippen LogP contribution in [0.1, 0.15) is 79.2 Å². The van der Waals surface area contributed by atoms with Crippen molar-refractivity contribution in [1.82, 2.24) is 20.9 Å². The minimum Gasteiger partial charge on any atom is -0.464 e. The number of allylic oxidation sites excluding steroid dienone is 1. The van der Waals surface area contributed by atoms with E-state index in [4.69, 9.17) is 15.2 Å². The lowest BCUT2D eigenvalue weighted by atomic mass is 10.0. The van der Waals surface area contributed by atoms with Gasteiger partial charge in [0.05, 0.1) is 6.61 Å². The largest absolute Gasteiger partial charge is 0.464 e. The number of carbonyl (C=O) groups excluding carboxylic acids is 5. The first-order valence-corrected chi connectivity index (χ1v) is 15.9. The number of benzene rings is 1. The number of ether oxygens (including phenoxy) is 2. The van der Waals surface area contributed by atoms with Gasteiger partial charge in [-0.15, -0.1) is 0 Å². The monoisotopic (exact) mass is 641 g/mol. The fourth-order valence-electron chi connectivity index (χ4n) is 4.81. The Balaban J connectivity index is 2.22. The van der Waals surface area contributed by atoms with Crippen LogP contribution in [0, 0.1) is 5.92 Å². The van der Waals surface area contributed by atoms with E-state index in [0.717, 1.165) is 5.56 Å². The van der Waals surface area contributed by atoms with Crippen molar-refractivity contribution in [2.75, 3.05) is 13.2 Å². The van der Waals surface area contributed by atoms with E-state index in [-0.39, 0.29) is 25.4 Å². The number of esters is 1. The molecular weight excluding hydrogens is 590 g/mol. The summed E-state index contributed by atoms with van der Waals surface area (Å²) in [6.07, 6.45) is 7.09. The summed E-state index contributed by atoms with van der Waals surface area (Å²) in [5.74, 6) is -2.02. The van der Waals surface area contributed by atoms with E-state index in [0.29, 0.717) is 37.8 Å². The summed E-state index contributed by atoms with van der Waals surface area (Å²) in [7, 11) is 0. The second kappa shape index (κ2) is 18.6. The average Bonchev–Trinajstić information content (AvgIpc) is 2.97. The lowest BCUT2D eigenvalue weighted by Crippen LogP contribution is -2.57. The minimum atomic E-state index is -1.04. The maximum Gasteiger partial charge on any atom is 0.408 e. The van der Waals surface area contributed by atoms with Crippen molar-refractivity contribution in [3.05, 3.63) is 59.9 Å². The number of nitrogens with zero attached hydrogens (tertiary/aromatic N) is 1. The molecule has 1 aromatic carbocycles. The van der Waals surface area contributed by atoms with Gasteiger partial charge in [-0.05, 0) is 77.5 Å². The summed E-state index contributed by atoms with van der Waals surface area (Å²) in [6, 6.07) is 6.26. The van der Waals surface area contributed by atoms with Gasteiger partial charge >= 0.3 is 12.1 Å². The zero-order valence-corrected chi connectivity index (χ0v) is 28.0. The van der Waals surface area contributed by atoms with Gasteiger partial charge in [0.2, 0.25) is 17.7 Å². The van der Waals surface area contributed by atoms with Crippen molar-refractivity contribution in [3.8, 4) is 0 Å². The Labute approximate surface area is 272 Å². The highest BCUT2D eigenvalue weighted by molar-refractivity contribution is 5.93. The number of carbonyl (C=O) groups is 5. The third-order valence-electron chi connectivity index (χ3n) is 6.95. The summed E-state index contributed by atoms with van der Waals surface area (Å²) >= 11 is 0. The van der Waals surface area contributed by atoms with Crippen LogP contribution in [0.4, 0.5) is 4.79 Å². The number of hydrogen-bond acceptors (Lipinski definition) is 8. The van der Waals surface area contributed by atoms with Gasteiger partial charge in [0, 0.05) is 24.7 Å². The molecular formula is C34H51N5O7. The predicted octanol–water partition coefficient (Wildman–Crippen LogP) is 3.46. The van der Waals surface area contributed by atoms with Gasteiger partial charge in [0.15, 0.2) is 0 Å². The van der Waals surface area contributed by atoms with Crippen LogP contribution in [0.3, 0.4) is 0 Å². The molecule has 5 N–H and O–H groups in total. The molecule has 12 nitrogen and oxygen atoms in total. The Morgan fingerprint density at radius 3 is 2.20 bits per heavy atom. The third-order valence-corrected chi connectivity index (χ3v) is 6.95. The number of primary amides is 1. The van der Waals surface area contributed by atoms with Crippen LogP contribution in [-0.4, -0.2) is 71.6 Å². The van der Waals surface area contributed by atoms with Crippen LogP contribution in [0.5, 0.6) is 0 Å². The van der Waals surface area contributed by atoms with Gasteiger partial charge in [0.25, 0.3) is 0 Å². The first kappa shape index (κ1) is 37.8. The fraction of sp³-hybridized carbons (Fsp3) is 0.559. The summed E-state index contributed by atoms with van der Waals surface area (Å²) in [5.41, 5.74) is 5.94. The molecule has 1 aliphatic rings. The molecule has 2 rings (SSSR count). The van der Waals surface area contributed by atoms with E-state index in [1.165, 1.54) is 0 Å². The van der Waals surface area contributed by atoms with Gasteiger partial charge < -0.3 is 36.1 Å². The molecule has 0 fully saturated rings. The molecule has 1 unspecified atom stereocenters. The molecule has 3 atom stereocenters. The zero-order chi connectivity index (χ0) is 34.3. The predicted molar refractivity (Wildman–Crippen MR) is 175 cm³/mol. The van der Waals surface area contributed by atoms with Crippen molar-refractivity contribution in [1.29, 1.82) is 0 Å². The highest BCUT2D eigenvalue weighted by Crippen LogP contribution is 2.15. The molecule has 0 aliphatic carbocycles. The standard InChI is InChI=1S/C34H51N5O7/c1-7-45-32(43)28(20-23(2)3)37-31(42)27(21-24-14-9-8-10-15-24)36-30(41)26(38-33(44)46-34(4,5)6)17-11-12-18-39-19-13-16-25(22-39)29(35)40/h8-10,13-15,19,22-23,26-28H,7,11-12,16-18,20-21H2,1-6H3,(H2,35,40)(H,36,41)(H,37,42)(H,38,44)/t26?,27-,28-/m0/s1. The van der Waals surface area contributed by atoms with E-state index in [2.05, 4.69) is 16.0 Å². The summed E-state index contributed by atoms with van der Waals surface area (Å²) in [5, 5.41) is 8.26. The highest BCUT2D eigenvalue weighted by atomic mass is 16.6. The van der Waals surface area contributed by atoms with Crippen LogP contribution in [0.15, 0.2) is 54.4 Å². The maximum absolute atomic E-state index is 13.7. The van der Waals surface area contributed by atoms with Crippen molar-refractivity contribution in [2.24, 2.45) is 11.7 Å². The summed E-state index contributed by atoms with van der Waals surface area (Å²) in [4.78, 5) is 66.2. The first-order chi connectivity index (χ1) is 21.7. The van der Waals surface area contributed by atoms with Crippen molar-refractivity contribution >= 4 is 29.8 Å². The van der Waals surface area contributed by atoms with E-state index in [1.54, 1.807) is 33.9 Å². The number of nitrogens with two attached hydrogens (primary N) is 1. The maximum atomic E-state index is 13.7. The molecule has 0 saturated heterocycles. The number of unbranched alkanes of at least 4 members (excludes halogenated alkanes) is 1.